The predicted molar refractivity (Wildman–Crippen MR) is 202 cm³/mol. The fourth-order valence-corrected chi connectivity index (χ4v) is 6.63. The zero-order chi connectivity index (χ0) is 33.2. The van der Waals surface area contributed by atoms with Crippen LogP contribution in [-0.4, -0.2) is 82.6 Å². The van der Waals surface area contributed by atoms with Crippen LogP contribution in [0.25, 0.3) is 0 Å². The normalized spacial score (nSPS) is 13.2. The number of carbonyl (C=O) groups excluding carboxylic acids is 1. The number of alkyl halides is 1. The molecule has 0 amide bonds. The molecule has 2 unspecified atom stereocenters. The summed E-state index contributed by atoms with van der Waals surface area (Å²) in [4.78, 5) is 17.0. The van der Waals surface area contributed by atoms with E-state index in [1.54, 1.807) is 0 Å². The van der Waals surface area contributed by atoms with Gasteiger partial charge in [0.15, 0.2) is 0 Å². The van der Waals surface area contributed by atoms with Crippen LogP contribution in [0.5, 0.6) is 0 Å². The van der Waals surface area contributed by atoms with E-state index in [0.717, 1.165) is 84.0 Å². The molecule has 0 aromatic carbocycles. The number of carbonyl (C=O) groups is 1. The molecule has 0 saturated carbocycles. The molecule has 0 aromatic rings. The van der Waals surface area contributed by atoms with Crippen LogP contribution in [0.3, 0.4) is 0 Å². The van der Waals surface area contributed by atoms with Crippen molar-refractivity contribution in [2.24, 2.45) is 0 Å². The molecule has 0 heterocycles. The van der Waals surface area contributed by atoms with Crippen molar-refractivity contribution in [3.8, 4) is 0 Å². The van der Waals surface area contributed by atoms with Crippen LogP contribution >= 0.6 is 22.6 Å². The molecule has 0 aromatic heterocycles. The first-order valence-corrected chi connectivity index (χ1v) is 21.0. The number of halogens is 1. The quantitative estimate of drug-likeness (QED) is 0.0218. The topological polar surface area (TPSA) is 73.2 Å². The highest BCUT2D eigenvalue weighted by molar-refractivity contribution is 14.1. The second-order valence-corrected chi connectivity index (χ2v) is 14.6. The summed E-state index contributed by atoms with van der Waals surface area (Å²) in [7, 11) is 2.06. The molecule has 0 radical (unpaired) electrons. The number of unbranched alkanes of at least 4 members (excludes halogenated alkanes) is 17. The van der Waals surface area contributed by atoms with E-state index in [9.17, 15) is 15.0 Å². The molecule has 6 nitrogen and oxygen atoms in total. The second kappa shape index (κ2) is 35.3. The number of hydrogen-bond acceptors (Lipinski definition) is 6. The minimum Gasteiger partial charge on any atom is -0.462 e. The first kappa shape index (κ1) is 45.0. The number of aliphatic hydroxyl groups excluding tert-OH is 2. The lowest BCUT2D eigenvalue weighted by Crippen LogP contribution is -2.32. The molecule has 2 N–H and O–H groups in total. The van der Waals surface area contributed by atoms with Gasteiger partial charge >= 0.3 is 5.97 Å². The number of nitrogens with zero attached hydrogens (tertiary/aromatic N) is 2. The number of aliphatic hydroxyl groups is 2. The van der Waals surface area contributed by atoms with Gasteiger partial charge in [0.2, 0.25) is 0 Å². The Hall–Kier alpha value is 0.0400. The molecule has 0 rings (SSSR count). The van der Waals surface area contributed by atoms with E-state index >= 15 is 0 Å². The molecule has 0 aliphatic heterocycles. The van der Waals surface area contributed by atoms with E-state index in [-0.39, 0.29) is 24.9 Å². The fraction of sp³-hybridized carbons (Fsp3) is 0.974. The third-order valence-electron chi connectivity index (χ3n) is 9.17. The molecular formula is C38H77IN2O4. The van der Waals surface area contributed by atoms with Crippen LogP contribution in [0, 0.1) is 0 Å². The van der Waals surface area contributed by atoms with Crippen LogP contribution in [0.15, 0.2) is 0 Å². The van der Waals surface area contributed by atoms with Crippen molar-refractivity contribution in [1.82, 2.24) is 9.80 Å². The Labute approximate surface area is 294 Å². The predicted octanol–water partition coefficient (Wildman–Crippen LogP) is 10.1. The lowest BCUT2D eigenvalue weighted by Gasteiger charge is -2.23. The zero-order valence-corrected chi connectivity index (χ0v) is 32.4. The molecule has 0 spiro atoms. The average Bonchev–Trinajstić information content (AvgIpc) is 3.03. The number of esters is 1. The fourth-order valence-electron chi connectivity index (χ4n) is 6.09. The number of ether oxygens (including phenoxy) is 1. The molecule has 2 atom stereocenters. The molecule has 0 aliphatic carbocycles. The number of rotatable bonds is 36. The van der Waals surface area contributed by atoms with Gasteiger partial charge in [-0.3, -0.25) is 9.69 Å². The summed E-state index contributed by atoms with van der Waals surface area (Å²) in [5.74, 6) is 0.00604. The van der Waals surface area contributed by atoms with E-state index in [0.29, 0.717) is 6.42 Å². The van der Waals surface area contributed by atoms with Gasteiger partial charge in [-0.05, 0) is 95.2 Å². The summed E-state index contributed by atoms with van der Waals surface area (Å²) in [6.45, 7) is 8.58. The maximum Gasteiger partial charge on any atom is 0.306 e. The Morgan fingerprint density at radius 3 is 1.69 bits per heavy atom. The van der Waals surface area contributed by atoms with E-state index in [1.807, 2.05) is 0 Å². The first-order chi connectivity index (χ1) is 22.0. The van der Waals surface area contributed by atoms with Crippen molar-refractivity contribution in [1.29, 1.82) is 0 Å². The van der Waals surface area contributed by atoms with Crippen LogP contribution < -0.4 is 0 Å². The van der Waals surface area contributed by atoms with E-state index < -0.39 is 0 Å². The molecule has 0 saturated heterocycles. The van der Waals surface area contributed by atoms with Crippen LogP contribution in [0.2, 0.25) is 0 Å². The Morgan fingerprint density at radius 2 is 1.09 bits per heavy atom. The van der Waals surface area contributed by atoms with Gasteiger partial charge in [0.1, 0.15) is 12.3 Å². The molecule has 0 fully saturated rings. The van der Waals surface area contributed by atoms with Crippen molar-refractivity contribution in [2.75, 3.05) is 44.3 Å². The van der Waals surface area contributed by atoms with Crippen LogP contribution in [0.4, 0.5) is 0 Å². The smallest absolute Gasteiger partial charge is 0.306 e. The van der Waals surface area contributed by atoms with Crippen LogP contribution in [-0.2, 0) is 9.53 Å². The molecule has 0 aliphatic rings. The van der Waals surface area contributed by atoms with Crippen molar-refractivity contribution >= 4 is 28.6 Å². The highest BCUT2D eigenvalue weighted by Gasteiger charge is 2.14. The van der Waals surface area contributed by atoms with Crippen molar-refractivity contribution in [3.05, 3.63) is 0 Å². The summed E-state index contributed by atoms with van der Waals surface area (Å²) >= 11 is 2.44. The van der Waals surface area contributed by atoms with Gasteiger partial charge in [0.05, 0.1) is 6.61 Å². The first-order valence-electron chi connectivity index (χ1n) is 19.4. The van der Waals surface area contributed by atoms with Gasteiger partial charge in [-0.15, -0.1) is 0 Å². The van der Waals surface area contributed by atoms with Crippen LogP contribution in [0.1, 0.15) is 181 Å². The van der Waals surface area contributed by atoms with Gasteiger partial charge in [-0.1, -0.05) is 126 Å². The summed E-state index contributed by atoms with van der Waals surface area (Å²) in [6, 6.07) is 0. The van der Waals surface area contributed by atoms with E-state index in [1.165, 1.54) is 107 Å². The third-order valence-corrected chi connectivity index (χ3v) is 9.93. The minimum absolute atomic E-state index is 0.00604. The monoisotopic (exact) mass is 752 g/mol. The Bertz CT molecular complexity index is 612. The summed E-state index contributed by atoms with van der Waals surface area (Å²) in [6.07, 6.45) is 29.8. The molecule has 0 bridgehead atoms. The van der Waals surface area contributed by atoms with E-state index in [4.69, 9.17) is 4.74 Å². The highest BCUT2D eigenvalue weighted by Crippen LogP contribution is 2.17. The van der Waals surface area contributed by atoms with Crippen molar-refractivity contribution in [3.63, 3.8) is 0 Å². The maximum absolute atomic E-state index is 12.5. The zero-order valence-electron chi connectivity index (χ0n) is 30.3. The largest absolute Gasteiger partial charge is 0.462 e. The third kappa shape index (κ3) is 31.1. The van der Waals surface area contributed by atoms with E-state index in [2.05, 4.69) is 53.3 Å². The van der Waals surface area contributed by atoms with Crippen molar-refractivity contribution < 1.29 is 19.7 Å². The van der Waals surface area contributed by atoms with Gasteiger partial charge in [-0.25, -0.2) is 0 Å². The lowest BCUT2D eigenvalue weighted by molar-refractivity contribution is -0.150. The van der Waals surface area contributed by atoms with Crippen molar-refractivity contribution in [2.45, 2.75) is 193 Å². The Morgan fingerprint density at radius 1 is 0.622 bits per heavy atom. The van der Waals surface area contributed by atoms with Gasteiger partial charge in [-0.2, -0.15) is 0 Å². The lowest BCUT2D eigenvalue weighted by atomic mass is 10.0. The Balaban J connectivity index is 3.88. The molecule has 270 valence electrons. The van der Waals surface area contributed by atoms with Gasteiger partial charge < -0.3 is 19.8 Å². The molecule has 7 heteroatoms. The highest BCUT2D eigenvalue weighted by atomic mass is 127. The SMILES string of the molecule is CCCCCCCCN(C)C(O)CCCCCCCN(CCO)CCCCCCCC(=O)OC(CCCCC)CCCCCI. The summed E-state index contributed by atoms with van der Waals surface area (Å²) in [5, 5.41) is 20.0. The number of hydrogen-bond donors (Lipinski definition) is 2. The van der Waals surface area contributed by atoms with Gasteiger partial charge in [0.25, 0.3) is 0 Å². The average molecular weight is 753 g/mol. The molecule has 45 heavy (non-hydrogen) atoms. The summed E-state index contributed by atoms with van der Waals surface area (Å²) < 4.78 is 7.10. The minimum atomic E-state index is -0.299. The second-order valence-electron chi connectivity index (χ2n) is 13.5. The molecular weight excluding hydrogens is 675 g/mol. The standard InChI is InChI=1S/C38H77IN2O4/c1-4-6-8-9-14-23-31-40(3)37(43)28-20-12-10-15-24-32-41(34-35-42)33-25-16-11-13-21-29-38(44)45-36(26-18-7-5-2)27-19-17-22-30-39/h36-37,42-43H,4-35H2,1-3H3. The van der Waals surface area contributed by atoms with Gasteiger partial charge in [0, 0.05) is 19.5 Å². The Kier molecular flexibility index (Phi) is 35.4. The maximum atomic E-state index is 12.5. The summed E-state index contributed by atoms with van der Waals surface area (Å²) in [5.41, 5.74) is 0.